The van der Waals surface area contributed by atoms with Crippen LogP contribution in [0.4, 0.5) is 0 Å². The zero-order valence-electron chi connectivity index (χ0n) is 15.7. The molecule has 4 aliphatic carbocycles. The van der Waals surface area contributed by atoms with Crippen LogP contribution in [-0.4, -0.2) is 46.6 Å². The van der Waals surface area contributed by atoms with Gasteiger partial charge in [0.05, 0.1) is 30.1 Å². The normalized spacial score (nSPS) is 59.6. The fourth-order valence-corrected chi connectivity index (χ4v) is 8.19. The number of aliphatic hydroxyl groups is 2. The van der Waals surface area contributed by atoms with Crippen molar-refractivity contribution in [3.05, 3.63) is 0 Å². The van der Waals surface area contributed by atoms with Crippen LogP contribution in [0.5, 0.6) is 0 Å². The Kier molecular flexibility index (Phi) is 3.03. The van der Waals surface area contributed by atoms with Gasteiger partial charge in [0.2, 0.25) is 0 Å². The Morgan fingerprint density at radius 2 is 2.00 bits per heavy atom. The second-order valence-electron chi connectivity index (χ2n) is 9.96. The summed E-state index contributed by atoms with van der Waals surface area (Å²) < 4.78 is 11.3. The van der Waals surface area contributed by atoms with E-state index >= 15 is 0 Å². The van der Waals surface area contributed by atoms with E-state index in [0.29, 0.717) is 19.3 Å². The number of ether oxygens (including phenoxy) is 2. The topological polar surface area (TPSA) is 93.1 Å². The fraction of sp³-hybridized carbons (Fsp3) is 0.900. The average Bonchev–Trinajstić information content (AvgIpc) is 3.02. The lowest BCUT2D eigenvalue weighted by Gasteiger charge is -2.44. The molecule has 5 rings (SSSR count). The summed E-state index contributed by atoms with van der Waals surface area (Å²) in [5.41, 5.74) is -2.99. The molecule has 0 aromatic carbocycles. The molecule has 6 heteroatoms. The van der Waals surface area contributed by atoms with Gasteiger partial charge in [-0.3, -0.25) is 9.59 Å². The molecule has 5 aliphatic rings. The number of methoxy groups -OCH3 is 1. The highest BCUT2D eigenvalue weighted by atomic mass is 16.6. The van der Waals surface area contributed by atoms with Gasteiger partial charge in [-0.1, -0.05) is 0 Å². The van der Waals surface area contributed by atoms with Crippen molar-refractivity contribution in [3.63, 3.8) is 0 Å². The molecule has 1 heterocycles. The molecule has 144 valence electrons. The Balaban J connectivity index is 1.74. The van der Waals surface area contributed by atoms with Crippen molar-refractivity contribution in [3.8, 4) is 0 Å². The van der Waals surface area contributed by atoms with Gasteiger partial charge in [0.1, 0.15) is 5.60 Å². The van der Waals surface area contributed by atoms with Gasteiger partial charge >= 0.3 is 11.9 Å². The Hall–Kier alpha value is -1.14. The van der Waals surface area contributed by atoms with Crippen LogP contribution in [0.2, 0.25) is 0 Å². The third-order valence-corrected chi connectivity index (χ3v) is 9.08. The summed E-state index contributed by atoms with van der Waals surface area (Å²) in [6.07, 6.45) is 3.34. The van der Waals surface area contributed by atoms with Gasteiger partial charge in [-0.05, 0) is 63.7 Å². The highest BCUT2D eigenvalue weighted by molar-refractivity contribution is 5.85. The summed E-state index contributed by atoms with van der Waals surface area (Å²) in [7, 11) is 1.39. The summed E-state index contributed by atoms with van der Waals surface area (Å²) in [5.74, 6) is -1.37. The minimum atomic E-state index is -1.08. The highest BCUT2D eigenvalue weighted by Gasteiger charge is 2.84. The first kappa shape index (κ1) is 17.0. The molecule has 4 saturated carbocycles. The summed E-state index contributed by atoms with van der Waals surface area (Å²) in [6.45, 7) is 3.64. The van der Waals surface area contributed by atoms with Gasteiger partial charge in [-0.2, -0.15) is 0 Å². The van der Waals surface area contributed by atoms with Gasteiger partial charge in [-0.15, -0.1) is 0 Å². The summed E-state index contributed by atoms with van der Waals surface area (Å²) in [6, 6.07) is 0. The Bertz CT molecular complexity index is 702. The number of carbonyl (C=O) groups is 2. The Morgan fingerprint density at radius 3 is 2.69 bits per heavy atom. The van der Waals surface area contributed by atoms with Crippen molar-refractivity contribution >= 4 is 11.9 Å². The van der Waals surface area contributed by atoms with E-state index in [0.717, 1.165) is 19.3 Å². The van der Waals surface area contributed by atoms with Crippen molar-refractivity contribution in [1.29, 1.82) is 0 Å². The predicted octanol–water partition coefficient (Wildman–Crippen LogP) is 1.42. The second kappa shape index (κ2) is 4.64. The van der Waals surface area contributed by atoms with Crippen LogP contribution in [0.15, 0.2) is 0 Å². The van der Waals surface area contributed by atoms with E-state index in [4.69, 9.17) is 9.47 Å². The van der Waals surface area contributed by atoms with E-state index < -0.39 is 34.1 Å². The van der Waals surface area contributed by atoms with Gasteiger partial charge in [0.25, 0.3) is 0 Å². The largest absolute Gasteiger partial charge is 0.469 e. The zero-order chi connectivity index (χ0) is 18.7. The van der Waals surface area contributed by atoms with E-state index in [1.165, 1.54) is 7.11 Å². The quantitative estimate of drug-likeness (QED) is 0.684. The van der Waals surface area contributed by atoms with Gasteiger partial charge in [-0.25, -0.2) is 0 Å². The number of rotatable bonds is 1. The third-order valence-electron chi connectivity index (χ3n) is 9.08. The highest BCUT2D eigenvalue weighted by Crippen LogP contribution is 2.78. The first-order chi connectivity index (χ1) is 12.1. The first-order valence-electron chi connectivity index (χ1n) is 9.85. The molecule has 5 fully saturated rings. The van der Waals surface area contributed by atoms with E-state index in [-0.39, 0.29) is 29.7 Å². The first-order valence-corrected chi connectivity index (χ1v) is 9.85. The maximum atomic E-state index is 13.0. The number of carbonyl (C=O) groups excluding carboxylic acids is 2. The number of hydrogen-bond acceptors (Lipinski definition) is 6. The molecule has 1 saturated heterocycles. The van der Waals surface area contributed by atoms with Gasteiger partial charge < -0.3 is 19.7 Å². The van der Waals surface area contributed by atoms with Crippen LogP contribution < -0.4 is 0 Å². The van der Waals surface area contributed by atoms with Crippen LogP contribution in [0.25, 0.3) is 0 Å². The van der Waals surface area contributed by atoms with Crippen LogP contribution in [0.3, 0.4) is 0 Å². The lowest BCUT2D eigenvalue weighted by molar-refractivity contribution is -0.163. The van der Waals surface area contributed by atoms with Crippen LogP contribution >= 0.6 is 0 Å². The van der Waals surface area contributed by atoms with E-state index in [1.54, 1.807) is 6.92 Å². The Labute approximate surface area is 153 Å². The van der Waals surface area contributed by atoms with Crippen LogP contribution in [0.1, 0.15) is 52.4 Å². The van der Waals surface area contributed by atoms with E-state index in [9.17, 15) is 19.8 Å². The van der Waals surface area contributed by atoms with Crippen molar-refractivity contribution in [2.75, 3.05) is 7.11 Å². The molecule has 26 heavy (non-hydrogen) atoms. The number of hydrogen-bond donors (Lipinski definition) is 2. The molecule has 0 aromatic heterocycles. The Morgan fingerprint density at radius 1 is 1.27 bits per heavy atom. The molecule has 0 amide bonds. The van der Waals surface area contributed by atoms with Gasteiger partial charge in [0.15, 0.2) is 0 Å². The molecule has 4 bridgehead atoms. The molecular formula is C20H28O6. The third kappa shape index (κ3) is 1.55. The smallest absolute Gasteiger partial charge is 0.315 e. The molecule has 6 nitrogen and oxygen atoms in total. The summed E-state index contributed by atoms with van der Waals surface area (Å²) in [4.78, 5) is 25.9. The van der Waals surface area contributed by atoms with E-state index in [1.807, 2.05) is 6.92 Å². The molecule has 0 radical (unpaired) electrons. The van der Waals surface area contributed by atoms with Gasteiger partial charge in [0, 0.05) is 11.8 Å². The molecular weight excluding hydrogens is 336 g/mol. The molecule has 0 aromatic rings. The number of fused-ring (bicyclic) bond motifs is 1. The fourth-order valence-electron chi connectivity index (χ4n) is 8.19. The maximum Gasteiger partial charge on any atom is 0.315 e. The maximum absolute atomic E-state index is 13.0. The van der Waals surface area contributed by atoms with Crippen molar-refractivity contribution in [2.45, 2.75) is 69.7 Å². The number of esters is 2. The standard InChI is InChI=1S/C20H28O6/c1-17(24)9-19-8-10(17)4-5-11(19)20-7-6-12(21)18(2,16(23)26-20)14(20)13(19)15(22)25-3/h10-14,21,24H,4-9H2,1-3H3/t10-,11-,12+,13-,14-,17?,18-,19-,20-/m1/s1. The van der Waals surface area contributed by atoms with Crippen LogP contribution in [-0.2, 0) is 19.1 Å². The average molecular weight is 364 g/mol. The zero-order valence-corrected chi connectivity index (χ0v) is 15.7. The van der Waals surface area contributed by atoms with Crippen LogP contribution in [0, 0.1) is 34.5 Å². The lowest BCUT2D eigenvalue weighted by Crippen LogP contribution is -2.53. The van der Waals surface area contributed by atoms with Crippen molar-refractivity contribution in [1.82, 2.24) is 0 Å². The summed E-state index contributed by atoms with van der Waals surface area (Å²) in [5, 5.41) is 21.8. The van der Waals surface area contributed by atoms with Crippen molar-refractivity contribution < 1.29 is 29.3 Å². The number of aliphatic hydroxyl groups excluding tert-OH is 1. The van der Waals surface area contributed by atoms with E-state index in [2.05, 4.69) is 0 Å². The minimum Gasteiger partial charge on any atom is -0.469 e. The monoisotopic (exact) mass is 364 g/mol. The SMILES string of the molecule is COC(=O)[C@H]1[C@H]2[C@@]3(CC[C@H](O)[C@@]2(C)C(=O)O3)[C@@H]2CC[C@@H]3C[C@@]21CC3(C)O. The van der Waals surface area contributed by atoms with Crippen molar-refractivity contribution in [2.24, 2.45) is 34.5 Å². The molecule has 1 spiro atoms. The molecule has 9 atom stereocenters. The molecule has 1 aliphatic heterocycles. The lowest BCUT2D eigenvalue weighted by atomic mass is 9.59. The predicted molar refractivity (Wildman–Crippen MR) is 89.7 cm³/mol. The molecule has 1 unspecified atom stereocenters. The molecule has 2 N–H and O–H groups in total. The minimum absolute atomic E-state index is 0.0487. The second-order valence-corrected chi connectivity index (χ2v) is 9.96. The summed E-state index contributed by atoms with van der Waals surface area (Å²) >= 11 is 0.